The third kappa shape index (κ3) is 17.9. The van der Waals surface area contributed by atoms with E-state index in [0.29, 0.717) is 0 Å². The molecule has 0 aromatic rings. The molecule has 0 aliphatic carbocycles. The topological polar surface area (TPSA) is 178 Å². The van der Waals surface area contributed by atoms with E-state index < -0.39 is 5.09 Å². The first-order valence-electron chi connectivity index (χ1n) is 2.12. The van der Waals surface area contributed by atoms with Crippen molar-refractivity contribution in [2.45, 2.75) is 0 Å². The van der Waals surface area contributed by atoms with Crippen molar-refractivity contribution in [2.75, 3.05) is 0 Å². The van der Waals surface area contributed by atoms with Crippen molar-refractivity contribution >= 4 is 5.96 Å². The number of hydrogen-bond acceptors (Lipinski definition) is 6. The second-order valence-corrected chi connectivity index (χ2v) is 1.00. The van der Waals surface area contributed by atoms with Gasteiger partial charge in [-0.25, -0.2) is 11.7 Å². The van der Waals surface area contributed by atoms with Gasteiger partial charge in [-0.05, 0) is 0 Å². The maximum atomic E-state index is 8.36. The average Bonchev–Trinajstić information content (AvgIpc) is 1.90. The minimum atomic E-state index is -1.50. The maximum Gasteiger partial charge on any atom is 0.291 e. The van der Waals surface area contributed by atoms with Crippen molar-refractivity contribution in [3.63, 3.8) is 0 Å². The van der Waals surface area contributed by atoms with E-state index in [0.717, 1.165) is 0 Å². The number of hydrazine groups is 2. The van der Waals surface area contributed by atoms with E-state index >= 15 is 0 Å². The summed E-state index contributed by atoms with van der Waals surface area (Å²) in [5, 5.41) is 16.7. The highest BCUT2D eigenvalue weighted by atomic mass is 16.9. The van der Waals surface area contributed by atoms with E-state index in [1.165, 1.54) is 0 Å². The molecule has 0 aliphatic rings. The number of rotatable bonds is 0. The average molecular weight is 167 g/mol. The molecule has 0 bridgehead atoms. The fraction of sp³-hybridized carbons (Fsp3) is 0. The number of nitrogens with one attached hydrogen (secondary N) is 2. The predicted octanol–water partition coefficient (Wildman–Crippen LogP) is -3.21. The van der Waals surface area contributed by atoms with Crippen molar-refractivity contribution < 1.29 is 10.3 Å². The Morgan fingerprint density at radius 2 is 1.82 bits per heavy atom. The highest BCUT2D eigenvalue weighted by Gasteiger charge is 1.82. The Morgan fingerprint density at radius 3 is 1.82 bits per heavy atom. The number of guanidine groups is 1. The van der Waals surface area contributed by atoms with E-state index in [1.54, 1.807) is 0 Å². The lowest BCUT2D eigenvalue weighted by Crippen LogP contribution is -2.45. The molecule has 0 aromatic carbocycles. The molecule has 0 fully saturated rings. The van der Waals surface area contributed by atoms with Gasteiger partial charge in [-0.2, -0.15) is 0 Å². The minimum absolute atomic E-state index is 0.139. The molecule has 0 amide bonds. The molecule has 0 atom stereocenters. The number of nitrogens with zero attached hydrogens (tertiary/aromatic N) is 2. The zero-order chi connectivity index (χ0) is 9.28. The van der Waals surface area contributed by atoms with Crippen LogP contribution in [0.5, 0.6) is 0 Å². The van der Waals surface area contributed by atoms with E-state index in [1.807, 2.05) is 0 Å². The first-order valence-corrected chi connectivity index (χ1v) is 2.12. The molecule has 0 heterocycles. The third-order valence-corrected chi connectivity index (χ3v) is 0.403. The highest BCUT2D eigenvalue weighted by molar-refractivity contribution is 5.77. The zero-order valence-electron chi connectivity index (χ0n) is 5.39. The van der Waals surface area contributed by atoms with Crippen molar-refractivity contribution in [1.29, 1.82) is 0 Å². The minimum Gasteiger partial charge on any atom is -0.328 e. The Labute approximate surface area is 61.1 Å². The molecule has 0 saturated heterocycles. The first-order chi connectivity index (χ1) is 5.08. The van der Waals surface area contributed by atoms with Crippen LogP contribution in [0.1, 0.15) is 0 Å². The summed E-state index contributed by atoms with van der Waals surface area (Å²) in [6.45, 7) is 0. The summed E-state index contributed by atoms with van der Waals surface area (Å²) < 4.78 is 0. The summed E-state index contributed by atoms with van der Waals surface area (Å²) in [5.74, 6) is 14.4. The van der Waals surface area contributed by atoms with Gasteiger partial charge in [0, 0.05) is 0 Å². The molecule has 10 heteroatoms. The van der Waals surface area contributed by atoms with Gasteiger partial charge in [0.1, 0.15) is 0 Å². The molecule has 0 unspecified atom stereocenters. The maximum absolute atomic E-state index is 8.36. The van der Waals surface area contributed by atoms with Crippen molar-refractivity contribution in [3.05, 3.63) is 10.1 Å². The lowest BCUT2D eigenvalue weighted by molar-refractivity contribution is -0.742. The predicted molar refractivity (Wildman–Crippen MR) is 35.0 cm³/mol. The van der Waals surface area contributed by atoms with Crippen molar-refractivity contribution in [1.82, 2.24) is 10.9 Å². The molecule has 0 rings (SSSR count). The quantitative estimate of drug-likeness (QED) is 0.0717. The van der Waals surface area contributed by atoms with Crippen LogP contribution < -0.4 is 28.4 Å². The second-order valence-electron chi connectivity index (χ2n) is 1.00. The van der Waals surface area contributed by atoms with Gasteiger partial charge in [0.25, 0.3) is 5.09 Å². The van der Waals surface area contributed by atoms with Gasteiger partial charge < -0.3 is 11.0 Å². The van der Waals surface area contributed by atoms with Crippen molar-refractivity contribution in [2.24, 2.45) is 22.6 Å². The number of hydrazone groups is 1. The number of hydrogen-bond donors (Lipinski definition) is 6. The smallest absolute Gasteiger partial charge is 0.291 e. The van der Waals surface area contributed by atoms with Crippen LogP contribution in [0.25, 0.3) is 0 Å². The number of nitrogens with two attached hydrogens (primary N) is 3. The van der Waals surface area contributed by atoms with E-state index in [-0.39, 0.29) is 5.96 Å². The molecule has 0 aliphatic heterocycles. The van der Waals surface area contributed by atoms with Gasteiger partial charge in [-0.1, -0.05) is 0 Å². The molecule has 10 nitrogen and oxygen atoms in total. The fourth-order valence-corrected chi connectivity index (χ4v) is 0.116. The van der Waals surface area contributed by atoms with Gasteiger partial charge in [0.2, 0.25) is 5.96 Å². The normalized spacial score (nSPS) is 6.73. The molecule has 9 N–H and O–H groups in total. The lowest BCUT2D eigenvalue weighted by Gasteiger charge is -1.97. The lowest BCUT2D eigenvalue weighted by atomic mass is 11.1. The molecule has 11 heavy (non-hydrogen) atoms. The molecule has 0 spiro atoms. The summed E-state index contributed by atoms with van der Waals surface area (Å²) in [6.07, 6.45) is 0. The highest BCUT2D eigenvalue weighted by Crippen LogP contribution is 1.45. The summed E-state index contributed by atoms with van der Waals surface area (Å²) in [6, 6.07) is 0. The van der Waals surface area contributed by atoms with Crippen LogP contribution >= 0.6 is 0 Å². The van der Waals surface area contributed by atoms with Gasteiger partial charge in [-0.3, -0.25) is 10.9 Å². The third-order valence-electron chi connectivity index (χ3n) is 0.403. The Hall–Kier alpha value is -1.81. The van der Waals surface area contributed by atoms with Crippen LogP contribution in [-0.4, -0.2) is 16.3 Å². The van der Waals surface area contributed by atoms with Crippen LogP contribution in [0, 0.1) is 10.1 Å². The second kappa shape index (κ2) is 8.19. The zero-order valence-corrected chi connectivity index (χ0v) is 5.39. The first kappa shape index (κ1) is 11.9. The van der Waals surface area contributed by atoms with E-state index in [9.17, 15) is 0 Å². The molecule has 0 radical (unpaired) electrons. The Kier molecular flexibility index (Phi) is 8.88. The van der Waals surface area contributed by atoms with Crippen molar-refractivity contribution in [3.8, 4) is 0 Å². The van der Waals surface area contributed by atoms with Gasteiger partial charge in [0.15, 0.2) is 0 Å². The Balaban J connectivity index is 0. The Morgan fingerprint density at radius 1 is 1.55 bits per heavy atom. The molecule has 0 saturated carbocycles. The van der Waals surface area contributed by atoms with Gasteiger partial charge >= 0.3 is 0 Å². The van der Waals surface area contributed by atoms with Gasteiger partial charge in [0.05, 0.1) is 0 Å². The van der Waals surface area contributed by atoms with Crippen LogP contribution in [0.3, 0.4) is 0 Å². The van der Waals surface area contributed by atoms with Crippen LogP contribution in [0.2, 0.25) is 0 Å². The largest absolute Gasteiger partial charge is 0.328 e. The van der Waals surface area contributed by atoms with Crippen LogP contribution in [0.4, 0.5) is 0 Å². The summed E-state index contributed by atoms with van der Waals surface area (Å²) in [7, 11) is 0. The fourth-order valence-electron chi connectivity index (χ4n) is 0.116. The van der Waals surface area contributed by atoms with Crippen LogP contribution in [0.15, 0.2) is 5.10 Å². The van der Waals surface area contributed by atoms with Crippen LogP contribution in [-0.2, 0) is 0 Å². The van der Waals surface area contributed by atoms with E-state index in [4.69, 9.17) is 32.8 Å². The molecular weight excluding hydrogens is 158 g/mol. The standard InChI is InChI=1S/CH8N6.HNO3/c2-5-1(6-3)7-4;2-1(3)4/h2-4H2,(H2,5,6,7);(H,2,3,4). The molecular formula is CH9N7O3. The van der Waals surface area contributed by atoms with Gasteiger partial charge in [-0.15, -0.1) is 15.2 Å². The summed E-state index contributed by atoms with van der Waals surface area (Å²) in [4.78, 5) is 8.36. The Bertz CT molecular complexity index is 122. The summed E-state index contributed by atoms with van der Waals surface area (Å²) >= 11 is 0. The summed E-state index contributed by atoms with van der Waals surface area (Å²) in [5.41, 5.74) is 4.18. The SMILES string of the molecule is NN=C(NN)NN.O=[N+]([O-])O. The molecule has 66 valence electrons. The molecule has 0 aromatic heterocycles. The van der Waals surface area contributed by atoms with E-state index in [2.05, 4.69) is 16.0 Å². The monoisotopic (exact) mass is 167 g/mol.